The second kappa shape index (κ2) is 7.65. The van der Waals surface area contributed by atoms with Crippen LogP contribution in [0.25, 0.3) is 0 Å². The predicted octanol–water partition coefficient (Wildman–Crippen LogP) is 1.92. The van der Waals surface area contributed by atoms with Crippen LogP contribution in [0.15, 0.2) is 23.5 Å². The molecule has 128 valence electrons. The van der Waals surface area contributed by atoms with Crippen molar-refractivity contribution >= 4 is 23.6 Å². The molecule has 2 aromatic heterocycles. The summed E-state index contributed by atoms with van der Waals surface area (Å²) < 4.78 is 1.67. The SMILES string of the molecule is Cn1cccc1C(=O)NC(=O)CSc1n[nH]c(CC2CCCC2)n1. The average Bonchev–Trinajstić information content (AvgIpc) is 3.28. The highest BCUT2D eigenvalue weighted by Gasteiger charge is 2.18. The van der Waals surface area contributed by atoms with E-state index in [0.29, 0.717) is 16.8 Å². The number of aromatic nitrogens is 4. The number of rotatable bonds is 6. The molecule has 2 heterocycles. The van der Waals surface area contributed by atoms with Crippen LogP contribution >= 0.6 is 11.8 Å². The highest BCUT2D eigenvalue weighted by molar-refractivity contribution is 7.99. The van der Waals surface area contributed by atoms with Crippen molar-refractivity contribution in [2.75, 3.05) is 5.75 Å². The summed E-state index contributed by atoms with van der Waals surface area (Å²) in [7, 11) is 1.76. The van der Waals surface area contributed by atoms with E-state index in [-0.39, 0.29) is 11.7 Å². The molecule has 0 spiro atoms. The van der Waals surface area contributed by atoms with E-state index in [2.05, 4.69) is 20.5 Å². The Morgan fingerprint density at radius 1 is 1.42 bits per heavy atom. The lowest BCUT2D eigenvalue weighted by atomic mass is 10.0. The number of hydrogen-bond acceptors (Lipinski definition) is 5. The Morgan fingerprint density at radius 3 is 2.92 bits per heavy atom. The highest BCUT2D eigenvalue weighted by atomic mass is 32.2. The van der Waals surface area contributed by atoms with E-state index in [0.717, 1.165) is 12.2 Å². The van der Waals surface area contributed by atoms with Crippen molar-refractivity contribution in [3.8, 4) is 0 Å². The first-order chi connectivity index (χ1) is 11.6. The molecule has 2 amide bonds. The van der Waals surface area contributed by atoms with E-state index in [9.17, 15) is 9.59 Å². The van der Waals surface area contributed by atoms with Gasteiger partial charge in [-0.05, 0) is 18.1 Å². The Morgan fingerprint density at radius 2 is 2.21 bits per heavy atom. The molecule has 24 heavy (non-hydrogen) atoms. The van der Waals surface area contributed by atoms with Crippen molar-refractivity contribution < 1.29 is 9.59 Å². The molecule has 8 heteroatoms. The summed E-state index contributed by atoms with van der Waals surface area (Å²) in [6.45, 7) is 0. The van der Waals surface area contributed by atoms with Gasteiger partial charge in [0.15, 0.2) is 0 Å². The van der Waals surface area contributed by atoms with Crippen molar-refractivity contribution in [3.63, 3.8) is 0 Å². The van der Waals surface area contributed by atoms with Gasteiger partial charge in [-0.25, -0.2) is 4.98 Å². The third kappa shape index (κ3) is 4.25. The molecule has 7 nitrogen and oxygen atoms in total. The number of imide groups is 1. The van der Waals surface area contributed by atoms with Gasteiger partial charge in [0, 0.05) is 19.7 Å². The van der Waals surface area contributed by atoms with Gasteiger partial charge in [-0.2, -0.15) is 0 Å². The van der Waals surface area contributed by atoms with E-state index in [1.807, 2.05) is 0 Å². The largest absolute Gasteiger partial charge is 0.347 e. The van der Waals surface area contributed by atoms with Gasteiger partial charge in [0.05, 0.1) is 5.75 Å². The summed E-state index contributed by atoms with van der Waals surface area (Å²) in [6, 6.07) is 3.42. The summed E-state index contributed by atoms with van der Waals surface area (Å²) in [5.74, 6) is 0.932. The first-order valence-electron chi connectivity index (χ1n) is 8.11. The fourth-order valence-corrected chi connectivity index (χ4v) is 3.59. The molecule has 2 aromatic rings. The standard InChI is InChI=1S/C16H21N5O2S/c1-21-8-4-7-12(21)15(23)18-14(22)10-24-16-17-13(19-20-16)9-11-5-2-3-6-11/h4,7-8,11H,2-3,5-6,9-10H2,1H3,(H,17,19,20)(H,18,22,23). The van der Waals surface area contributed by atoms with Gasteiger partial charge >= 0.3 is 0 Å². The first-order valence-corrected chi connectivity index (χ1v) is 9.10. The van der Waals surface area contributed by atoms with Crippen molar-refractivity contribution in [2.24, 2.45) is 13.0 Å². The van der Waals surface area contributed by atoms with E-state index in [1.54, 1.807) is 29.9 Å². The molecule has 1 aliphatic rings. The lowest BCUT2D eigenvalue weighted by Crippen LogP contribution is -2.32. The molecule has 3 rings (SSSR count). The van der Waals surface area contributed by atoms with Crippen LogP contribution < -0.4 is 5.32 Å². The summed E-state index contributed by atoms with van der Waals surface area (Å²) in [5, 5.41) is 9.99. The van der Waals surface area contributed by atoms with Gasteiger partial charge < -0.3 is 4.57 Å². The van der Waals surface area contributed by atoms with Gasteiger partial charge in [-0.1, -0.05) is 37.4 Å². The van der Waals surface area contributed by atoms with Crippen LogP contribution in [0.2, 0.25) is 0 Å². The van der Waals surface area contributed by atoms with Gasteiger partial charge in [0.1, 0.15) is 11.5 Å². The molecular formula is C16H21N5O2S. The second-order valence-electron chi connectivity index (χ2n) is 6.09. The number of carbonyl (C=O) groups excluding carboxylic acids is 2. The van der Waals surface area contributed by atoms with Gasteiger partial charge in [0.25, 0.3) is 5.91 Å². The number of carbonyl (C=O) groups is 2. The van der Waals surface area contributed by atoms with E-state index in [4.69, 9.17) is 0 Å². The molecule has 0 unspecified atom stereocenters. The normalized spacial score (nSPS) is 14.9. The minimum absolute atomic E-state index is 0.108. The number of nitrogens with one attached hydrogen (secondary N) is 2. The number of nitrogens with zero attached hydrogens (tertiary/aromatic N) is 3. The van der Waals surface area contributed by atoms with E-state index >= 15 is 0 Å². The predicted molar refractivity (Wildman–Crippen MR) is 90.7 cm³/mol. The third-order valence-electron chi connectivity index (χ3n) is 4.23. The third-order valence-corrected chi connectivity index (χ3v) is 5.08. The van der Waals surface area contributed by atoms with Crippen LogP contribution in [0.5, 0.6) is 0 Å². The molecule has 1 saturated carbocycles. The fourth-order valence-electron chi connectivity index (χ4n) is 2.98. The minimum atomic E-state index is -0.398. The quantitative estimate of drug-likeness (QED) is 0.779. The molecule has 1 aliphatic carbocycles. The molecule has 0 radical (unpaired) electrons. The number of aromatic amines is 1. The zero-order valence-electron chi connectivity index (χ0n) is 13.6. The summed E-state index contributed by atoms with van der Waals surface area (Å²) in [6.07, 6.45) is 7.80. The topological polar surface area (TPSA) is 92.7 Å². The molecule has 0 bridgehead atoms. The van der Waals surface area contributed by atoms with Gasteiger partial charge in [-0.15, -0.1) is 5.10 Å². The summed E-state index contributed by atoms with van der Waals surface area (Å²) >= 11 is 1.23. The second-order valence-corrected chi connectivity index (χ2v) is 7.03. The summed E-state index contributed by atoms with van der Waals surface area (Å²) in [4.78, 5) is 28.3. The first kappa shape index (κ1) is 16.8. The molecule has 2 N–H and O–H groups in total. The molecular weight excluding hydrogens is 326 g/mol. The minimum Gasteiger partial charge on any atom is -0.347 e. The van der Waals surface area contributed by atoms with E-state index in [1.165, 1.54) is 37.4 Å². The van der Waals surface area contributed by atoms with Crippen LogP contribution in [0.3, 0.4) is 0 Å². The smallest absolute Gasteiger partial charge is 0.274 e. The van der Waals surface area contributed by atoms with Gasteiger partial charge in [0.2, 0.25) is 11.1 Å². The van der Waals surface area contributed by atoms with Crippen LogP contribution in [0, 0.1) is 5.92 Å². The lowest BCUT2D eigenvalue weighted by molar-refractivity contribution is -0.117. The molecule has 1 fully saturated rings. The molecule has 0 atom stereocenters. The van der Waals surface area contributed by atoms with Crippen LogP contribution in [0.1, 0.15) is 42.0 Å². The highest BCUT2D eigenvalue weighted by Crippen LogP contribution is 2.27. The Balaban J connectivity index is 1.45. The number of aryl methyl sites for hydroxylation is 1. The maximum atomic E-state index is 11.9. The van der Waals surface area contributed by atoms with Crippen molar-refractivity contribution in [1.29, 1.82) is 0 Å². The van der Waals surface area contributed by atoms with Crippen molar-refractivity contribution in [3.05, 3.63) is 29.8 Å². The van der Waals surface area contributed by atoms with Crippen LogP contribution in [-0.4, -0.2) is 37.3 Å². The monoisotopic (exact) mass is 347 g/mol. The maximum absolute atomic E-state index is 11.9. The van der Waals surface area contributed by atoms with Crippen LogP contribution in [0.4, 0.5) is 0 Å². The van der Waals surface area contributed by atoms with Gasteiger partial charge in [-0.3, -0.25) is 20.0 Å². The Labute approximate surface area is 144 Å². The summed E-state index contributed by atoms with van der Waals surface area (Å²) in [5.41, 5.74) is 0.449. The van der Waals surface area contributed by atoms with Crippen molar-refractivity contribution in [1.82, 2.24) is 25.1 Å². The average molecular weight is 347 g/mol. The Hall–Kier alpha value is -2.09. The zero-order valence-corrected chi connectivity index (χ0v) is 14.4. The maximum Gasteiger partial charge on any atom is 0.274 e. The lowest BCUT2D eigenvalue weighted by Gasteiger charge is -2.04. The van der Waals surface area contributed by atoms with Crippen LogP contribution in [-0.2, 0) is 18.3 Å². The Bertz CT molecular complexity index is 718. The fraction of sp³-hybridized carbons (Fsp3) is 0.500. The van der Waals surface area contributed by atoms with Crippen molar-refractivity contribution in [2.45, 2.75) is 37.3 Å². The number of thioether (sulfide) groups is 1. The number of hydrogen-bond donors (Lipinski definition) is 2. The molecule has 0 aliphatic heterocycles. The Kier molecular flexibility index (Phi) is 5.34. The van der Waals surface area contributed by atoms with E-state index < -0.39 is 5.91 Å². The number of amides is 2. The number of H-pyrrole nitrogens is 1. The molecule has 0 aromatic carbocycles. The molecule has 0 saturated heterocycles. The zero-order chi connectivity index (χ0) is 16.9.